The van der Waals surface area contributed by atoms with Crippen LogP contribution in [-0.2, 0) is 0 Å². The molecule has 2 aromatic rings. The average Bonchev–Trinajstić information content (AvgIpc) is 3.08. The zero-order valence-electron chi connectivity index (χ0n) is 11.0. The summed E-state index contributed by atoms with van der Waals surface area (Å²) in [5.74, 6) is -4.90. The fraction of sp³-hybridized carbons (Fsp3) is 0. The van der Waals surface area contributed by atoms with Gasteiger partial charge in [-0.15, -0.1) is 0 Å². The summed E-state index contributed by atoms with van der Waals surface area (Å²) in [7, 11) is 0. The molecule has 2 aromatic heterocycles. The van der Waals surface area contributed by atoms with E-state index in [0.29, 0.717) is 0 Å². The zero-order chi connectivity index (χ0) is 16.9. The molecule has 0 unspecified atom stereocenters. The molecule has 0 atom stereocenters. The number of hydrogen-bond donors (Lipinski definition) is 0. The van der Waals surface area contributed by atoms with E-state index in [-0.39, 0.29) is 37.7 Å². The molecule has 0 radical (unpaired) electrons. The van der Waals surface area contributed by atoms with Crippen molar-refractivity contribution in [2.24, 2.45) is 0 Å². The summed E-state index contributed by atoms with van der Waals surface area (Å²) in [5.41, 5.74) is -1.19. The summed E-state index contributed by atoms with van der Waals surface area (Å²) in [4.78, 5) is 38.5. The van der Waals surface area contributed by atoms with Crippen molar-refractivity contribution in [3.63, 3.8) is 0 Å². The first kappa shape index (κ1) is 20.6. The van der Waals surface area contributed by atoms with Crippen LogP contribution in [0.15, 0.2) is 33.5 Å². The fourth-order valence-corrected chi connectivity index (χ4v) is 1.20. The van der Waals surface area contributed by atoms with E-state index in [1.807, 2.05) is 0 Å². The predicted octanol–water partition coefficient (Wildman–Crippen LogP) is -1.28. The summed E-state index contributed by atoms with van der Waals surface area (Å²) in [5, 5.41) is 40.2. The van der Waals surface area contributed by atoms with E-state index < -0.39 is 44.7 Å². The van der Waals surface area contributed by atoms with Crippen molar-refractivity contribution in [3.05, 3.63) is 56.4 Å². The molecule has 0 bridgehead atoms. The molecular formula is C10H4CaN2O10. The van der Waals surface area contributed by atoms with Crippen molar-refractivity contribution in [2.45, 2.75) is 0 Å². The van der Waals surface area contributed by atoms with Gasteiger partial charge in [0.05, 0.1) is 34.5 Å². The molecule has 2 heterocycles. The Balaban J connectivity index is 0.000000403. The van der Waals surface area contributed by atoms with Crippen LogP contribution in [0.25, 0.3) is 0 Å². The molecule has 0 fully saturated rings. The maximum absolute atomic E-state index is 10.1. The monoisotopic (exact) mass is 352 g/mol. The second-order valence-corrected chi connectivity index (χ2v) is 3.36. The Kier molecular flexibility index (Phi) is 7.93. The largest absolute Gasteiger partial charge is 2.00 e. The number of carbonyl (C=O) groups is 2. The number of nitrogens with zero attached hydrogens (tertiary/aromatic N) is 2. The van der Waals surface area contributed by atoms with Gasteiger partial charge in [0, 0.05) is 0 Å². The van der Waals surface area contributed by atoms with Crippen molar-refractivity contribution in [3.8, 4) is 0 Å². The molecule has 0 aliphatic carbocycles. The first-order valence-electron chi connectivity index (χ1n) is 5.12. The first-order chi connectivity index (χ1) is 10.3. The van der Waals surface area contributed by atoms with Gasteiger partial charge in [0.1, 0.15) is 11.9 Å². The molecule has 0 amide bonds. The van der Waals surface area contributed by atoms with E-state index in [1.165, 1.54) is 0 Å². The van der Waals surface area contributed by atoms with E-state index in [0.717, 1.165) is 24.7 Å². The van der Waals surface area contributed by atoms with Crippen LogP contribution in [-0.4, -0.2) is 59.5 Å². The number of furan rings is 2. The minimum absolute atomic E-state index is 0. The van der Waals surface area contributed by atoms with Gasteiger partial charge in [-0.05, 0) is 0 Å². The van der Waals surface area contributed by atoms with E-state index in [2.05, 4.69) is 8.83 Å². The van der Waals surface area contributed by atoms with E-state index >= 15 is 0 Å². The van der Waals surface area contributed by atoms with Gasteiger partial charge in [-0.25, -0.2) is 0 Å². The van der Waals surface area contributed by atoms with E-state index in [1.54, 1.807) is 0 Å². The molecule has 0 saturated carbocycles. The van der Waals surface area contributed by atoms with Crippen molar-refractivity contribution in [1.29, 1.82) is 0 Å². The molecule has 23 heavy (non-hydrogen) atoms. The molecular weight excluding hydrogens is 348 g/mol. The Morgan fingerprint density at radius 1 is 0.826 bits per heavy atom. The van der Waals surface area contributed by atoms with Gasteiger partial charge in [0.25, 0.3) is 0 Å². The normalized spacial score (nSPS) is 9.04. The summed E-state index contributed by atoms with van der Waals surface area (Å²) < 4.78 is 8.57. The molecule has 0 saturated heterocycles. The standard InChI is InChI=1S/2C5H3NO5.Ca/c2*7-5(8)4-3(6(9)10)1-2-11-4;/h2*1-2H,(H,7,8);/q;;+2/p-2. The van der Waals surface area contributed by atoms with Crippen molar-refractivity contribution >= 4 is 61.1 Å². The third-order valence-electron chi connectivity index (χ3n) is 2.05. The topological polar surface area (TPSA) is 193 Å². The van der Waals surface area contributed by atoms with Crippen LogP contribution in [0.1, 0.15) is 21.1 Å². The summed E-state index contributed by atoms with van der Waals surface area (Å²) in [6.45, 7) is 0. The van der Waals surface area contributed by atoms with Gasteiger partial charge in [0.15, 0.2) is 0 Å². The Bertz CT molecular complexity index is 614. The van der Waals surface area contributed by atoms with Crippen LogP contribution >= 0.6 is 0 Å². The molecule has 116 valence electrons. The number of nitro groups is 2. The predicted molar refractivity (Wildman–Crippen MR) is 65.1 cm³/mol. The van der Waals surface area contributed by atoms with Gasteiger partial charge in [-0.2, -0.15) is 0 Å². The van der Waals surface area contributed by atoms with Crippen molar-refractivity contribution < 1.29 is 38.5 Å². The average molecular weight is 352 g/mol. The van der Waals surface area contributed by atoms with Crippen LogP contribution in [0.3, 0.4) is 0 Å². The number of aromatic carboxylic acids is 2. The second kappa shape index (κ2) is 8.87. The molecule has 0 aromatic carbocycles. The van der Waals surface area contributed by atoms with Crippen LogP contribution in [0.2, 0.25) is 0 Å². The molecule has 2 rings (SSSR count). The Morgan fingerprint density at radius 2 is 1.13 bits per heavy atom. The number of hydrogen-bond acceptors (Lipinski definition) is 10. The third kappa shape index (κ3) is 5.36. The molecule has 12 nitrogen and oxygen atoms in total. The summed E-state index contributed by atoms with van der Waals surface area (Å²) >= 11 is 0. The van der Waals surface area contributed by atoms with Crippen molar-refractivity contribution in [1.82, 2.24) is 0 Å². The van der Waals surface area contributed by atoms with Crippen molar-refractivity contribution in [2.75, 3.05) is 0 Å². The molecule has 0 spiro atoms. The number of carboxylic acids is 2. The van der Waals surface area contributed by atoms with E-state index in [9.17, 15) is 40.0 Å². The Labute approximate surface area is 155 Å². The Hall–Kier alpha value is -2.44. The summed E-state index contributed by atoms with van der Waals surface area (Å²) in [6, 6.07) is 1.90. The van der Waals surface area contributed by atoms with Crippen LogP contribution in [0.4, 0.5) is 11.4 Å². The molecule has 0 aliphatic heterocycles. The first-order valence-corrected chi connectivity index (χ1v) is 5.12. The third-order valence-corrected chi connectivity index (χ3v) is 2.05. The maximum Gasteiger partial charge on any atom is 2.00 e. The maximum atomic E-state index is 10.1. The van der Waals surface area contributed by atoms with Gasteiger partial charge >= 0.3 is 49.1 Å². The van der Waals surface area contributed by atoms with Gasteiger partial charge < -0.3 is 28.6 Å². The minimum Gasteiger partial charge on any atom is -0.541 e. The van der Waals surface area contributed by atoms with Crippen LogP contribution in [0, 0.1) is 20.2 Å². The quantitative estimate of drug-likeness (QED) is 0.363. The SMILES string of the molecule is O=C([O-])c1occc1[N+](=O)[O-].O=C([O-])c1occc1[N+](=O)[O-].[Ca+2]. The van der Waals surface area contributed by atoms with E-state index in [4.69, 9.17) is 0 Å². The number of rotatable bonds is 4. The van der Waals surface area contributed by atoms with Crippen LogP contribution < -0.4 is 10.2 Å². The smallest absolute Gasteiger partial charge is 0.541 e. The van der Waals surface area contributed by atoms with Gasteiger partial charge in [-0.3, -0.25) is 20.2 Å². The minimum atomic E-state index is -1.69. The Morgan fingerprint density at radius 3 is 1.30 bits per heavy atom. The van der Waals surface area contributed by atoms with Gasteiger partial charge in [0.2, 0.25) is 11.5 Å². The van der Waals surface area contributed by atoms with Gasteiger partial charge in [-0.1, -0.05) is 0 Å². The van der Waals surface area contributed by atoms with Crippen LogP contribution in [0.5, 0.6) is 0 Å². The molecule has 13 heteroatoms. The molecule has 0 N–H and O–H groups in total. The second-order valence-electron chi connectivity index (χ2n) is 3.36. The number of carboxylic acid groups (broad SMARTS) is 2. The zero-order valence-corrected chi connectivity index (χ0v) is 13.2. The molecule has 0 aliphatic rings. The fourth-order valence-electron chi connectivity index (χ4n) is 1.20. The summed E-state index contributed by atoms with van der Waals surface area (Å²) in [6.07, 6.45) is 1.84. The number of carbonyl (C=O) groups excluding carboxylic acids is 2.